The van der Waals surface area contributed by atoms with E-state index in [9.17, 15) is 0 Å². The quantitative estimate of drug-likeness (QED) is 0.709. The lowest BCUT2D eigenvalue weighted by Gasteiger charge is -2.42. The second-order valence-corrected chi connectivity index (χ2v) is 7.00. The molecule has 0 amide bonds. The van der Waals surface area contributed by atoms with Gasteiger partial charge in [0, 0.05) is 6.61 Å². The number of aryl methyl sites for hydroxylation is 3. The van der Waals surface area contributed by atoms with Crippen molar-refractivity contribution in [3.05, 3.63) is 70.3 Å². The molecule has 1 aliphatic carbocycles. The van der Waals surface area contributed by atoms with Crippen LogP contribution < -0.4 is 0 Å². The van der Waals surface area contributed by atoms with Crippen molar-refractivity contribution < 1.29 is 4.74 Å². The van der Waals surface area contributed by atoms with E-state index in [-0.39, 0.29) is 6.10 Å². The minimum absolute atomic E-state index is 0.271. The molecule has 2 aliphatic rings. The molecule has 4 rings (SSSR count). The van der Waals surface area contributed by atoms with E-state index in [1.165, 1.54) is 36.0 Å². The van der Waals surface area contributed by atoms with Crippen molar-refractivity contribution in [1.82, 2.24) is 0 Å². The first kappa shape index (κ1) is 14.0. The maximum Gasteiger partial charge on any atom is 0.0859 e. The third-order valence-corrected chi connectivity index (χ3v) is 5.49. The Morgan fingerprint density at radius 2 is 1.68 bits per heavy atom. The SMILES string of the molecule is Cc1ccc([C@@H]2OCC[C@@H]3c4cc(C)ccc4CC[C@@H]32)cc1. The third kappa shape index (κ3) is 2.38. The summed E-state index contributed by atoms with van der Waals surface area (Å²) in [5.41, 5.74) is 7.22. The summed E-state index contributed by atoms with van der Waals surface area (Å²) in [7, 11) is 0. The largest absolute Gasteiger partial charge is 0.373 e. The normalized spacial score (nSPS) is 27.1. The van der Waals surface area contributed by atoms with Crippen LogP contribution in [0.4, 0.5) is 0 Å². The van der Waals surface area contributed by atoms with Gasteiger partial charge in [0.05, 0.1) is 6.10 Å². The number of rotatable bonds is 1. The fourth-order valence-corrected chi connectivity index (χ4v) is 4.32. The molecular weight excluding hydrogens is 268 g/mol. The van der Waals surface area contributed by atoms with Gasteiger partial charge in [-0.15, -0.1) is 0 Å². The number of fused-ring (bicyclic) bond motifs is 3. The van der Waals surface area contributed by atoms with Crippen LogP contribution in [0, 0.1) is 19.8 Å². The second-order valence-electron chi connectivity index (χ2n) is 7.00. The van der Waals surface area contributed by atoms with Gasteiger partial charge in [-0.05, 0) is 61.6 Å². The molecule has 0 spiro atoms. The Hall–Kier alpha value is -1.60. The first-order chi connectivity index (χ1) is 10.7. The molecule has 3 atom stereocenters. The molecule has 1 heteroatoms. The van der Waals surface area contributed by atoms with Crippen LogP contribution >= 0.6 is 0 Å². The van der Waals surface area contributed by atoms with Gasteiger partial charge in [0.2, 0.25) is 0 Å². The summed E-state index contributed by atoms with van der Waals surface area (Å²) in [5, 5.41) is 0. The first-order valence-corrected chi connectivity index (χ1v) is 8.50. The number of hydrogen-bond acceptors (Lipinski definition) is 1. The topological polar surface area (TPSA) is 9.23 Å². The second kappa shape index (κ2) is 5.55. The van der Waals surface area contributed by atoms with Gasteiger partial charge in [-0.1, -0.05) is 53.6 Å². The van der Waals surface area contributed by atoms with Gasteiger partial charge in [0.25, 0.3) is 0 Å². The highest BCUT2D eigenvalue weighted by Crippen LogP contribution is 2.49. The third-order valence-electron chi connectivity index (χ3n) is 5.49. The van der Waals surface area contributed by atoms with Crippen LogP contribution in [0.2, 0.25) is 0 Å². The lowest BCUT2D eigenvalue weighted by atomic mass is 9.69. The van der Waals surface area contributed by atoms with Crippen LogP contribution in [-0.4, -0.2) is 6.61 Å². The fourth-order valence-electron chi connectivity index (χ4n) is 4.32. The highest BCUT2D eigenvalue weighted by atomic mass is 16.5. The molecule has 1 aliphatic heterocycles. The zero-order valence-corrected chi connectivity index (χ0v) is 13.5. The molecule has 0 saturated carbocycles. The summed E-state index contributed by atoms with van der Waals surface area (Å²) >= 11 is 0. The van der Waals surface area contributed by atoms with E-state index in [2.05, 4.69) is 56.3 Å². The highest BCUT2D eigenvalue weighted by molar-refractivity contribution is 5.38. The maximum absolute atomic E-state index is 6.22. The number of benzene rings is 2. The Balaban J connectivity index is 1.69. The molecule has 1 nitrogen and oxygen atoms in total. The minimum atomic E-state index is 0.271. The van der Waals surface area contributed by atoms with Crippen molar-refractivity contribution in [1.29, 1.82) is 0 Å². The predicted molar refractivity (Wildman–Crippen MR) is 90.2 cm³/mol. The molecule has 0 aromatic heterocycles. The van der Waals surface area contributed by atoms with Gasteiger partial charge < -0.3 is 4.74 Å². The molecule has 1 fully saturated rings. The summed E-state index contributed by atoms with van der Waals surface area (Å²) in [6.07, 6.45) is 3.89. The molecule has 2 aromatic rings. The van der Waals surface area contributed by atoms with Crippen LogP contribution in [0.25, 0.3) is 0 Å². The van der Waals surface area contributed by atoms with Gasteiger partial charge >= 0.3 is 0 Å². The molecule has 2 aromatic carbocycles. The molecule has 0 radical (unpaired) electrons. The van der Waals surface area contributed by atoms with Crippen LogP contribution in [0.5, 0.6) is 0 Å². The van der Waals surface area contributed by atoms with Crippen molar-refractivity contribution >= 4 is 0 Å². The zero-order valence-electron chi connectivity index (χ0n) is 13.5. The molecule has 0 N–H and O–H groups in total. The Kier molecular flexibility index (Phi) is 3.54. The molecule has 22 heavy (non-hydrogen) atoms. The Morgan fingerprint density at radius 1 is 0.909 bits per heavy atom. The summed E-state index contributed by atoms with van der Waals surface area (Å²) in [4.78, 5) is 0. The van der Waals surface area contributed by atoms with Crippen molar-refractivity contribution in [2.75, 3.05) is 6.61 Å². The van der Waals surface area contributed by atoms with Gasteiger partial charge in [-0.25, -0.2) is 0 Å². The molecule has 114 valence electrons. The predicted octanol–water partition coefficient (Wildman–Crippen LogP) is 5.11. The molecular formula is C21H24O. The zero-order chi connectivity index (χ0) is 15.1. The van der Waals surface area contributed by atoms with Gasteiger partial charge in [0.15, 0.2) is 0 Å². The Bertz CT molecular complexity index is 671. The van der Waals surface area contributed by atoms with Crippen LogP contribution in [0.1, 0.15) is 52.7 Å². The summed E-state index contributed by atoms with van der Waals surface area (Å²) in [6, 6.07) is 16.0. The van der Waals surface area contributed by atoms with E-state index in [0.29, 0.717) is 11.8 Å². The highest BCUT2D eigenvalue weighted by Gasteiger charge is 2.39. The summed E-state index contributed by atoms with van der Waals surface area (Å²) in [5.74, 6) is 1.30. The Labute approximate surface area is 133 Å². The van der Waals surface area contributed by atoms with Gasteiger partial charge in [-0.3, -0.25) is 0 Å². The van der Waals surface area contributed by atoms with Crippen molar-refractivity contribution in [2.45, 2.75) is 45.1 Å². The Morgan fingerprint density at radius 3 is 2.50 bits per heavy atom. The number of hydrogen-bond donors (Lipinski definition) is 0. The van der Waals surface area contributed by atoms with Crippen molar-refractivity contribution in [3.8, 4) is 0 Å². The summed E-state index contributed by atoms with van der Waals surface area (Å²) < 4.78 is 6.22. The van der Waals surface area contributed by atoms with E-state index in [1.807, 2.05) is 0 Å². The fraction of sp³-hybridized carbons (Fsp3) is 0.429. The van der Waals surface area contributed by atoms with Crippen LogP contribution in [-0.2, 0) is 11.2 Å². The van der Waals surface area contributed by atoms with E-state index in [0.717, 1.165) is 6.61 Å². The van der Waals surface area contributed by atoms with Gasteiger partial charge in [0.1, 0.15) is 0 Å². The average molecular weight is 292 g/mol. The minimum Gasteiger partial charge on any atom is -0.373 e. The van der Waals surface area contributed by atoms with Crippen LogP contribution in [0.15, 0.2) is 42.5 Å². The van der Waals surface area contributed by atoms with Crippen molar-refractivity contribution in [2.24, 2.45) is 5.92 Å². The number of ether oxygens (including phenoxy) is 1. The summed E-state index contributed by atoms with van der Waals surface area (Å²) in [6.45, 7) is 5.24. The smallest absolute Gasteiger partial charge is 0.0859 e. The standard InChI is InChI=1S/C21H24O/c1-14-3-7-17(8-4-14)21-19-10-9-16-6-5-15(2)13-20(16)18(19)11-12-22-21/h3-8,13,18-19,21H,9-12H2,1-2H3/t18-,19-,21-/m0/s1. The maximum atomic E-state index is 6.22. The van der Waals surface area contributed by atoms with Gasteiger partial charge in [-0.2, -0.15) is 0 Å². The van der Waals surface area contributed by atoms with E-state index in [1.54, 1.807) is 11.1 Å². The molecule has 0 unspecified atom stereocenters. The lowest BCUT2D eigenvalue weighted by Crippen LogP contribution is -2.33. The lowest BCUT2D eigenvalue weighted by molar-refractivity contribution is -0.0459. The first-order valence-electron chi connectivity index (χ1n) is 8.50. The van der Waals surface area contributed by atoms with E-state index >= 15 is 0 Å². The van der Waals surface area contributed by atoms with E-state index < -0.39 is 0 Å². The average Bonchev–Trinajstić information content (AvgIpc) is 2.55. The van der Waals surface area contributed by atoms with E-state index in [4.69, 9.17) is 4.74 Å². The van der Waals surface area contributed by atoms with Crippen molar-refractivity contribution in [3.63, 3.8) is 0 Å². The monoisotopic (exact) mass is 292 g/mol. The molecule has 1 heterocycles. The molecule has 0 bridgehead atoms. The molecule has 1 saturated heterocycles. The van der Waals surface area contributed by atoms with Crippen LogP contribution in [0.3, 0.4) is 0 Å².